The van der Waals surface area contributed by atoms with Crippen molar-refractivity contribution in [2.45, 2.75) is 31.7 Å². The lowest BCUT2D eigenvalue weighted by Crippen LogP contribution is -2.52. The molecular weight excluding hydrogens is 417 g/mol. The van der Waals surface area contributed by atoms with E-state index in [0.717, 1.165) is 23.3 Å². The maximum absolute atomic E-state index is 13.2. The van der Waals surface area contributed by atoms with Crippen molar-refractivity contribution < 1.29 is 22.8 Å². The lowest BCUT2D eigenvalue weighted by Gasteiger charge is -2.36. The normalized spacial score (nSPS) is 15.7. The molecule has 0 fully saturated rings. The van der Waals surface area contributed by atoms with Gasteiger partial charge in [0.05, 0.1) is 5.56 Å². The van der Waals surface area contributed by atoms with Gasteiger partial charge in [0.2, 0.25) is 5.91 Å². The van der Waals surface area contributed by atoms with Gasteiger partial charge in [0, 0.05) is 25.1 Å². The van der Waals surface area contributed by atoms with Crippen molar-refractivity contribution >= 4 is 11.8 Å². The second-order valence-electron chi connectivity index (χ2n) is 7.70. The Hall–Kier alpha value is -3.61. The third-order valence-corrected chi connectivity index (χ3v) is 5.55. The smallest absolute Gasteiger partial charge is 0.350 e. The van der Waals surface area contributed by atoms with Crippen LogP contribution in [-0.4, -0.2) is 22.8 Å². The van der Waals surface area contributed by atoms with E-state index < -0.39 is 23.7 Å². The second kappa shape index (κ2) is 8.86. The Balaban J connectivity index is 1.55. The Morgan fingerprint density at radius 1 is 0.906 bits per heavy atom. The van der Waals surface area contributed by atoms with E-state index in [2.05, 4.69) is 5.32 Å². The molecule has 7 heteroatoms. The largest absolute Gasteiger partial charge is 0.416 e. The molecule has 1 aliphatic rings. The van der Waals surface area contributed by atoms with Gasteiger partial charge in [0.1, 0.15) is 6.04 Å². The molecule has 0 saturated heterocycles. The molecule has 0 spiro atoms. The number of alkyl halides is 3. The fraction of sp³-hybridized carbons (Fsp3) is 0.200. The zero-order chi connectivity index (χ0) is 22.7. The van der Waals surface area contributed by atoms with Crippen molar-refractivity contribution in [1.82, 2.24) is 10.2 Å². The summed E-state index contributed by atoms with van der Waals surface area (Å²) in [6.45, 7) is 0.222. The molecule has 3 aromatic rings. The van der Waals surface area contributed by atoms with Gasteiger partial charge in [0.15, 0.2) is 0 Å². The zero-order valence-corrected chi connectivity index (χ0v) is 17.1. The topological polar surface area (TPSA) is 49.4 Å². The SMILES string of the molecule is O=C(NCc1cccc(C(F)(F)F)c1)C1Cc2ccccc2CN1C(=O)c1ccccc1. The van der Waals surface area contributed by atoms with Crippen LogP contribution >= 0.6 is 0 Å². The number of hydrogen-bond donors (Lipinski definition) is 1. The van der Waals surface area contributed by atoms with Gasteiger partial charge >= 0.3 is 6.18 Å². The minimum Gasteiger partial charge on any atom is -0.350 e. The Morgan fingerprint density at radius 3 is 2.31 bits per heavy atom. The first kappa shape index (κ1) is 21.6. The van der Waals surface area contributed by atoms with Crippen molar-refractivity contribution in [2.24, 2.45) is 0 Å². The molecule has 1 N–H and O–H groups in total. The molecule has 1 heterocycles. The summed E-state index contributed by atoms with van der Waals surface area (Å²) in [4.78, 5) is 27.8. The van der Waals surface area contributed by atoms with Gasteiger partial charge in [-0.15, -0.1) is 0 Å². The number of hydrogen-bond acceptors (Lipinski definition) is 2. The summed E-state index contributed by atoms with van der Waals surface area (Å²) in [6, 6.07) is 20.4. The molecule has 164 valence electrons. The van der Waals surface area contributed by atoms with E-state index in [1.807, 2.05) is 30.3 Å². The predicted molar refractivity (Wildman–Crippen MR) is 114 cm³/mol. The third-order valence-electron chi connectivity index (χ3n) is 5.55. The standard InChI is InChI=1S/C25H21F3N2O2/c26-25(27,28)21-12-6-7-17(13-21)15-29-23(31)22-14-19-10-4-5-11-20(19)16-30(22)24(32)18-8-2-1-3-9-18/h1-13,22H,14-16H2,(H,29,31). The van der Waals surface area contributed by atoms with Crippen LogP contribution in [0.15, 0.2) is 78.9 Å². The van der Waals surface area contributed by atoms with Crippen LogP contribution in [0, 0.1) is 0 Å². The van der Waals surface area contributed by atoms with Crippen LogP contribution in [0.3, 0.4) is 0 Å². The lowest BCUT2D eigenvalue weighted by atomic mass is 9.92. The zero-order valence-electron chi connectivity index (χ0n) is 17.1. The summed E-state index contributed by atoms with van der Waals surface area (Å²) in [6.07, 6.45) is -4.12. The number of amides is 2. The highest BCUT2D eigenvalue weighted by Gasteiger charge is 2.35. The molecule has 0 aliphatic carbocycles. The van der Waals surface area contributed by atoms with Crippen LogP contribution in [0.25, 0.3) is 0 Å². The average Bonchev–Trinajstić information content (AvgIpc) is 2.81. The fourth-order valence-corrected chi connectivity index (χ4v) is 3.88. The van der Waals surface area contributed by atoms with Crippen molar-refractivity contribution in [3.8, 4) is 0 Å². The molecule has 4 nitrogen and oxygen atoms in total. The van der Waals surface area contributed by atoms with Crippen LogP contribution < -0.4 is 5.32 Å². The summed E-state index contributed by atoms with van der Waals surface area (Å²) < 4.78 is 38.9. The van der Waals surface area contributed by atoms with Gasteiger partial charge < -0.3 is 10.2 Å². The molecular formula is C25H21F3N2O2. The molecule has 3 aromatic carbocycles. The van der Waals surface area contributed by atoms with E-state index in [9.17, 15) is 22.8 Å². The van der Waals surface area contributed by atoms with Gasteiger partial charge in [-0.3, -0.25) is 9.59 Å². The quantitative estimate of drug-likeness (QED) is 0.648. The van der Waals surface area contributed by atoms with Gasteiger partial charge in [-0.05, 0) is 41.0 Å². The molecule has 1 atom stereocenters. The predicted octanol–water partition coefficient (Wildman–Crippen LogP) is 4.59. The molecule has 0 bridgehead atoms. The molecule has 0 saturated carbocycles. The highest BCUT2D eigenvalue weighted by atomic mass is 19.4. The molecule has 0 radical (unpaired) electrons. The van der Waals surface area contributed by atoms with Crippen molar-refractivity contribution in [2.75, 3.05) is 0 Å². The number of halogens is 3. The van der Waals surface area contributed by atoms with Crippen LogP contribution in [-0.2, 0) is 30.5 Å². The number of carbonyl (C=O) groups is 2. The minimum atomic E-state index is -4.45. The van der Waals surface area contributed by atoms with Crippen molar-refractivity contribution in [3.63, 3.8) is 0 Å². The van der Waals surface area contributed by atoms with Crippen LogP contribution in [0.2, 0.25) is 0 Å². The number of benzene rings is 3. The molecule has 2 amide bonds. The van der Waals surface area contributed by atoms with E-state index in [1.54, 1.807) is 24.3 Å². The Morgan fingerprint density at radius 2 is 1.59 bits per heavy atom. The summed E-state index contributed by atoms with van der Waals surface area (Å²) in [5.74, 6) is -0.666. The Kier molecular flexibility index (Phi) is 5.99. The number of fused-ring (bicyclic) bond motifs is 1. The fourth-order valence-electron chi connectivity index (χ4n) is 3.88. The Bertz CT molecular complexity index is 1130. The number of rotatable bonds is 4. The maximum atomic E-state index is 13.2. The number of carbonyl (C=O) groups excluding carboxylic acids is 2. The molecule has 1 unspecified atom stereocenters. The van der Waals surface area contributed by atoms with E-state index in [1.165, 1.54) is 17.0 Å². The van der Waals surface area contributed by atoms with Gasteiger partial charge in [0.25, 0.3) is 5.91 Å². The first-order chi connectivity index (χ1) is 15.3. The van der Waals surface area contributed by atoms with Crippen LogP contribution in [0.5, 0.6) is 0 Å². The summed E-state index contributed by atoms with van der Waals surface area (Å²) in [5, 5.41) is 2.71. The average molecular weight is 438 g/mol. The molecule has 32 heavy (non-hydrogen) atoms. The van der Waals surface area contributed by atoms with Crippen LogP contribution in [0.1, 0.15) is 32.6 Å². The highest BCUT2D eigenvalue weighted by molar-refractivity contribution is 5.98. The van der Waals surface area contributed by atoms with Gasteiger partial charge in [-0.25, -0.2) is 0 Å². The highest BCUT2D eigenvalue weighted by Crippen LogP contribution is 2.30. The van der Waals surface area contributed by atoms with E-state index in [-0.39, 0.29) is 19.0 Å². The summed E-state index contributed by atoms with van der Waals surface area (Å²) >= 11 is 0. The maximum Gasteiger partial charge on any atom is 0.416 e. The molecule has 1 aliphatic heterocycles. The number of nitrogens with zero attached hydrogens (tertiary/aromatic N) is 1. The van der Waals surface area contributed by atoms with E-state index in [0.29, 0.717) is 17.5 Å². The summed E-state index contributed by atoms with van der Waals surface area (Å²) in [5.41, 5.74) is 1.99. The van der Waals surface area contributed by atoms with Crippen molar-refractivity contribution in [1.29, 1.82) is 0 Å². The first-order valence-electron chi connectivity index (χ1n) is 10.2. The monoisotopic (exact) mass is 438 g/mol. The van der Waals surface area contributed by atoms with Crippen molar-refractivity contribution in [3.05, 3.63) is 107 Å². The summed E-state index contributed by atoms with van der Waals surface area (Å²) in [7, 11) is 0. The third kappa shape index (κ3) is 4.66. The second-order valence-corrected chi connectivity index (χ2v) is 7.70. The van der Waals surface area contributed by atoms with Crippen LogP contribution in [0.4, 0.5) is 13.2 Å². The minimum absolute atomic E-state index is 0.0612. The number of nitrogens with one attached hydrogen (secondary N) is 1. The molecule has 0 aromatic heterocycles. The Labute approximate surface area is 183 Å². The first-order valence-corrected chi connectivity index (χ1v) is 10.2. The lowest BCUT2D eigenvalue weighted by molar-refractivity contribution is -0.137. The van der Waals surface area contributed by atoms with E-state index >= 15 is 0 Å². The molecule has 4 rings (SSSR count). The van der Waals surface area contributed by atoms with Gasteiger partial charge in [-0.2, -0.15) is 13.2 Å². The van der Waals surface area contributed by atoms with E-state index in [4.69, 9.17) is 0 Å². The van der Waals surface area contributed by atoms with Gasteiger partial charge in [-0.1, -0.05) is 54.6 Å².